The summed E-state index contributed by atoms with van der Waals surface area (Å²) in [6.45, 7) is 0.883. The Bertz CT molecular complexity index is 554. The molecule has 0 aliphatic rings. The molecular weight excluding hydrogens is 260 g/mol. The van der Waals surface area contributed by atoms with E-state index in [1.165, 1.54) is 24.9 Å². The first-order valence-corrected chi connectivity index (χ1v) is 6.13. The van der Waals surface area contributed by atoms with E-state index >= 15 is 0 Å². The fraction of sp³-hybridized carbons (Fsp3) is 0.231. The lowest BCUT2D eigenvalue weighted by molar-refractivity contribution is 0.0925. The Morgan fingerprint density at radius 1 is 1.15 bits per heavy atom. The molecular formula is C13H14N4O3. The predicted molar refractivity (Wildman–Crippen MR) is 70.0 cm³/mol. The Balaban J connectivity index is 1.62. The van der Waals surface area contributed by atoms with Crippen molar-refractivity contribution < 1.29 is 14.0 Å². The molecule has 2 aromatic rings. The summed E-state index contributed by atoms with van der Waals surface area (Å²) in [6.07, 6.45) is 6.40. The van der Waals surface area contributed by atoms with Gasteiger partial charge in [-0.2, -0.15) is 0 Å². The molecule has 2 rings (SSSR count). The van der Waals surface area contributed by atoms with Crippen molar-refractivity contribution in [3.63, 3.8) is 0 Å². The van der Waals surface area contributed by atoms with E-state index in [9.17, 15) is 9.59 Å². The molecule has 20 heavy (non-hydrogen) atoms. The Morgan fingerprint density at radius 2 is 1.95 bits per heavy atom. The van der Waals surface area contributed by atoms with Gasteiger partial charge in [0.25, 0.3) is 11.8 Å². The molecule has 0 aliphatic carbocycles. The van der Waals surface area contributed by atoms with Crippen LogP contribution in [0.2, 0.25) is 0 Å². The number of furan rings is 1. The first-order chi connectivity index (χ1) is 9.77. The number of hydrogen-bond donors (Lipinski definition) is 2. The third kappa shape index (κ3) is 3.91. The summed E-state index contributed by atoms with van der Waals surface area (Å²) in [7, 11) is 0. The Morgan fingerprint density at radius 3 is 2.60 bits per heavy atom. The number of carbonyl (C=O) groups is 2. The van der Waals surface area contributed by atoms with Gasteiger partial charge in [0.05, 0.1) is 12.5 Å². The van der Waals surface area contributed by atoms with E-state index in [-0.39, 0.29) is 23.3 Å². The van der Waals surface area contributed by atoms with E-state index < -0.39 is 0 Å². The third-order valence-corrected chi connectivity index (χ3v) is 2.47. The maximum Gasteiger partial charge on any atom is 0.286 e. The van der Waals surface area contributed by atoms with Crippen molar-refractivity contribution in [3.05, 3.63) is 48.4 Å². The molecule has 0 saturated carbocycles. The highest BCUT2D eigenvalue weighted by Gasteiger charge is 2.08. The summed E-state index contributed by atoms with van der Waals surface area (Å²) in [5.41, 5.74) is 0.270. The SMILES string of the molecule is O=C(NCCCNC(=O)c1ccco1)c1cnccn1. The van der Waals surface area contributed by atoms with E-state index in [4.69, 9.17) is 4.42 Å². The number of aromatic nitrogens is 2. The molecule has 0 aliphatic heterocycles. The van der Waals surface area contributed by atoms with Gasteiger partial charge >= 0.3 is 0 Å². The zero-order valence-corrected chi connectivity index (χ0v) is 10.7. The van der Waals surface area contributed by atoms with Crippen molar-refractivity contribution >= 4 is 11.8 Å². The van der Waals surface area contributed by atoms with Crippen LogP contribution in [0.5, 0.6) is 0 Å². The molecule has 0 aromatic carbocycles. The molecule has 2 heterocycles. The first kappa shape index (κ1) is 13.7. The quantitative estimate of drug-likeness (QED) is 0.753. The number of nitrogens with one attached hydrogen (secondary N) is 2. The second-order valence-corrected chi connectivity index (χ2v) is 3.93. The molecule has 0 bridgehead atoms. The topological polar surface area (TPSA) is 97.1 Å². The zero-order valence-electron chi connectivity index (χ0n) is 10.7. The minimum Gasteiger partial charge on any atom is -0.459 e. The van der Waals surface area contributed by atoms with E-state index in [0.717, 1.165) is 0 Å². The summed E-state index contributed by atoms with van der Waals surface area (Å²) >= 11 is 0. The fourth-order valence-corrected chi connectivity index (χ4v) is 1.49. The molecule has 7 nitrogen and oxygen atoms in total. The molecule has 2 amide bonds. The van der Waals surface area contributed by atoms with Gasteiger partial charge in [-0.1, -0.05) is 0 Å². The first-order valence-electron chi connectivity index (χ1n) is 6.13. The Kier molecular flexibility index (Phi) is 4.82. The maximum atomic E-state index is 11.6. The van der Waals surface area contributed by atoms with Crippen LogP contribution in [-0.2, 0) is 0 Å². The van der Waals surface area contributed by atoms with E-state index in [1.807, 2.05) is 0 Å². The van der Waals surface area contributed by atoms with E-state index in [0.29, 0.717) is 19.5 Å². The van der Waals surface area contributed by atoms with Crippen LogP contribution in [0.3, 0.4) is 0 Å². The second kappa shape index (κ2) is 7.03. The van der Waals surface area contributed by atoms with Crippen LogP contribution in [0.15, 0.2) is 41.4 Å². The van der Waals surface area contributed by atoms with Crippen molar-refractivity contribution in [2.24, 2.45) is 0 Å². The Hall–Kier alpha value is -2.70. The lowest BCUT2D eigenvalue weighted by Gasteiger charge is -2.05. The van der Waals surface area contributed by atoms with Gasteiger partial charge in [-0.25, -0.2) is 4.98 Å². The van der Waals surface area contributed by atoms with Crippen molar-refractivity contribution in [2.75, 3.05) is 13.1 Å². The van der Waals surface area contributed by atoms with Gasteiger partial charge in [0, 0.05) is 25.5 Å². The fourth-order valence-electron chi connectivity index (χ4n) is 1.49. The normalized spacial score (nSPS) is 10.0. The summed E-state index contributed by atoms with van der Waals surface area (Å²) in [4.78, 5) is 30.8. The van der Waals surface area contributed by atoms with Crippen LogP contribution >= 0.6 is 0 Å². The van der Waals surface area contributed by atoms with Gasteiger partial charge in [0.15, 0.2) is 5.76 Å². The van der Waals surface area contributed by atoms with Crippen molar-refractivity contribution in [3.8, 4) is 0 Å². The average molecular weight is 274 g/mol. The molecule has 0 fully saturated rings. The second-order valence-electron chi connectivity index (χ2n) is 3.93. The molecule has 0 unspecified atom stereocenters. The molecule has 0 radical (unpaired) electrons. The highest BCUT2D eigenvalue weighted by Crippen LogP contribution is 1.98. The van der Waals surface area contributed by atoms with Crippen LogP contribution in [0.4, 0.5) is 0 Å². The summed E-state index contributed by atoms with van der Waals surface area (Å²) in [5.74, 6) is -0.278. The Labute approximate surface area is 115 Å². The van der Waals surface area contributed by atoms with Gasteiger partial charge in [-0.3, -0.25) is 14.6 Å². The van der Waals surface area contributed by atoms with Crippen molar-refractivity contribution in [1.29, 1.82) is 0 Å². The van der Waals surface area contributed by atoms with Gasteiger partial charge in [0.2, 0.25) is 0 Å². The number of carbonyl (C=O) groups excluding carboxylic acids is 2. The molecule has 7 heteroatoms. The number of rotatable bonds is 6. The average Bonchev–Trinajstić information content (AvgIpc) is 3.01. The maximum absolute atomic E-state index is 11.6. The zero-order chi connectivity index (χ0) is 14.2. The number of nitrogens with zero attached hydrogens (tertiary/aromatic N) is 2. The summed E-state index contributed by atoms with van der Waals surface area (Å²) in [5, 5.41) is 5.38. The molecule has 2 N–H and O–H groups in total. The molecule has 0 atom stereocenters. The lowest BCUT2D eigenvalue weighted by Crippen LogP contribution is -2.30. The summed E-state index contributed by atoms with van der Waals surface area (Å²) in [6, 6.07) is 3.24. The van der Waals surface area contributed by atoms with Crippen molar-refractivity contribution in [2.45, 2.75) is 6.42 Å². The van der Waals surface area contributed by atoms with Gasteiger partial charge in [0.1, 0.15) is 5.69 Å². The number of amides is 2. The minimum absolute atomic E-state index is 0.268. The van der Waals surface area contributed by atoms with Gasteiger partial charge in [-0.15, -0.1) is 0 Å². The lowest BCUT2D eigenvalue weighted by atomic mass is 10.3. The van der Waals surface area contributed by atoms with Crippen LogP contribution < -0.4 is 10.6 Å². The smallest absolute Gasteiger partial charge is 0.286 e. The van der Waals surface area contributed by atoms with Crippen LogP contribution in [0.25, 0.3) is 0 Å². The van der Waals surface area contributed by atoms with E-state index in [1.54, 1.807) is 12.1 Å². The molecule has 104 valence electrons. The summed E-state index contributed by atoms with van der Waals surface area (Å²) < 4.78 is 4.95. The van der Waals surface area contributed by atoms with Crippen LogP contribution in [0.1, 0.15) is 27.5 Å². The predicted octanol–water partition coefficient (Wildman–Crippen LogP) is 0.619. The molecule has 0 spiro atoms. The van der Waals surface area contributed by atoms with Crippen LogP contribution in [0, 0.1) is 0 Å². The van der Waals surface area contributed by atoms with Gasteiger partial charge in [-0.05, 0) is 18.6 Å². The standard InChI is InChI=1S/C13H14N4O3/c18-12(10-9-14-6-7-15-10)16-4-2-5-17-13(19)11-3-1-8-20-11/h1,3,6-9H,2,4-5H2,(H,16,18)(H,17,19). The number of hydrogen-bond acceptors (Lipinski definition) is 5. The van der Waals surface area contributed by atoms with E-state index in [2.05, 4.69) is 20.6 Å². The van der Waals surface area contributed by atoms with Crippen molar-refractivity contribution in [1.82, 2.24) is 20.6 Å². The molecule has 2 aromatic heterocycles. The largest absolute Gasteiger partial charge is 0.459 e. The van der Waals surface area contributed by atoms with Crippen LogP contribution in [-0.4, -0.2) is 34.9 Å². The monoisotopic (exact) mass is 274 g/mol. The highest BCUT2D eigenvalue weighted by atomic mass is 16.3. The molecule has 0 saturated heterocycles. The minimum atomic E-state index is -0.282. The third-order valence-electron chi connectivity index (χ3n) is 2.47. The highest BCUT2D eigenvalue weighted by molar-refractivity contribution is 5.92. The van der Waals surface area contributed by atoms with Gasteiger partial charge < -0.3 is 15.1 Å².